The molecule has 0 spiro atoms. The van der Waals surface area contributed by atoms with Gasteiger partial charge in [-0.1, -0.05) is 18.2 Å². The maximum atomic E-state index is 6.59. The molecular formula is C18H23ClN2O. The van der Waals surface area contributed by atoms with Crippen LogP contribution in [0.2, 0.25) is 0 Å². The van der Waals surface area contributed by atoms with Gasteiger partial charge in [0.2, 0.25) is 0 Å². The molecule has 1 aromatic carbocycles. The van der Waals surface area contributed by atoms with E-state index in [1.165, 1.54) is 5.56 Å². The summed E-state index contributed by atoms with van der Waals surface area (Å²) in [7, 11) is 2.10. The monoisotopic (exact) mass is 318 g/mol. The topological polar surface area (TPSA) is 25.4 Å². The van der Waals surface area contributed by atoms with Crippen LogP contribution in [0, 0.1) is 0 Å². The third kappa shape index (κ3) is 5.00. The minimum atomic E-state index is -0.0785. The first kappa shape index (κ1) is 16.8. The summed E-state index contributed by atoms with van der Waals surface area (Å²) in [6.07, 6.45) is 4.66. The van der Waals surface area contributed by atoms with Gasteiger partial charge in [-0.3, -0.25) is 4.98 Å². The van der Waals surface area contributed by atoms with Gasteiger partial charge in [0.25, 0.3) is 0 Å². The van der Waals surface area contributed by atoms with Crippen molar-refractivity contribution in [3.63, 3.8) is 0 Å². The highest BCUT2D eigenvalue weighted by Crippen LogP contribution is 2.30. The lowest BCUT2D eigenvalue weighted by Crippen LogP contribution is -2.25. The average molecular weight is 319 g/mol. The highest BCUT2D eigenvalue weighted by molar-refractivity contribution is 6.21. The Kier molecular flexibility index (Phi) is 6.69. The van der Waals surface area contributed by atoms with Crippen molar-refractivity contribution in [1.29, 1.82) is 0 Å². The largest absolute Gasteiger partial charge is 0.494 e. The van der Waals surface area contributed by atoms with Gasteiger partial charge in [0.05, 0.1) is 12.0 Å². The van der Waals surface area contributed by atoms with E-state index >= 15 is 0 Å². The number of benzene rings is 1. The maximum absolute atomic E-state index is 6.59. The summed E-state index contributed by atoms with van der Waals surface area (Å²) in [4.78, 5) is 6.29. The molecular weight excluding hydrogens is 296 g/mol. The fourth-order valence-electron chi connectivity index (χ4n) is 2.36. The molecule has 1 aromatic heterocycles. The van der Waals surface area contributed by atoms with E-state index in [1.807, 2.05) is 43.6 Å². The molecule has 1 unspecified atom stereocenters. The molecule has 0 aliphatic carbocycles. The molecule has 2 aromatic rings. The summed E-state index contributed by atoms with van der Waals surface area (Å²) in [6.45, 7) is 4.39. The number of likely N-dealkylation sites (N-methyl/N-ethyl adjacent to an activating group) is 1. The van der Waals surface area contributed by atoms with E-state index in [-0.39, 0.29) is 5.38 Å². The number of hydrogen-bond acceptors (Lipinski definition) is 3. The van der Waals surface area contributed by atoms with E-state index in [2.05, 4.69) is 29.1 Å². The number of halogens is 1. The summed E-state index contributed by atoms with van der Waals surface area (Å²) in [6, 6.07) is 12.1. The Morgan fingerprint density at radius 3 is 2.64 bits per heavy atom. The average Bonchev–Trinajstić information content (AvgIpc) is 2.55. The normalized spacial score (nSPS) is 12.4. The van der Waals surface area contributed by atoms with Crippen molar-refractivity contribution in [3.05, 3.63) is 59.9 Å². The number of pyridine rings is 1. The van der Waals surface area contributed by atoms with Crippen LogP contribution in [0.25, 0.3) is 0 Å². The Balaban J connectivity index is 1.89. The number of rotatable bonds is 8. The van der Waals surface area contributed by atoms with Crippen LogP contribution in [0.4, 0.5) is 0 Å². The third-order valence-electron chi connectivity index (χ3n) is 3.56. The summed E-state index contributed by atoms with van der Waals surface area (Å²) in [5.41, 5.74) is 2.35. The van der Waals surface area contributed by atoms with Gasteiger partial charge in [0.15, 0.2) is 0 Å². The van der Waals surface area contributed by atoms with Crippen molar-refractivity contribution in [2.45, 2.75) is 18.7 Å². The highest BCUT2D eigenvalue weighted by Gasteiger charge is 2.15. The van der Waals surface area contributed by atoms with E-state index in [9.17, 15) is 0 Å². The van der Waals surface area contributed by atoms with E-state index in [0.717, 1.165) is 30.8 Å². The highest BCUT2D eigenvalue weighted by atomic mass is 35.5. The number of aromatic nitrogens is 1. The Labute approximate surface area is 137 Å². The molecule has 0 amide bonds. The van der Waals surface area contributed by atoms with Gasteiger partial charge in [0, 0.05) is 31.0 Å². The first-order chi connectivity index (χ1) is 10.7. The second-order valence-electron chi connectivity index (χ2n) is 5.31. The number of hydrogen-bond donors (Lipinski definition) is 0. The summed E-state index contributed by atoms with van der Waals surface area (Å²) in [5, 5.41) is -0.0785. The quantitative estimate of drug-likeness (QED) is 0.689. The van der Waals surface area contributed by atoms with Gasteiger partial charge >= 0.3 is 0 Å². The van der Waals surface area contributed by atoms with E-state index in [1.54, 1.807) is 0 Å². The number of alkyl halides is 1. The van der Waals surface area contributed by atoms with Gasteiger partial charge in [-0.05, 0) is 44.2 Å². The molecule has 1 heterocycles. The fourth-order valence-corrected chi connectivity index (χ4v) is 2.77. The number of ether oxygens (including phenoxy) is 1. The Bertz CT molecular complexity index is 562. The van der Waals surface area contributed by atoms with Crippen molar-refractivity contribution >= 4 is 11.6 Å². The minimum Gasteiger partial charge on any atom is -0.494 e. The molecule has 0 bridgehead atoms. The predicted molar refractivity (Wildman–Crippen MR) is 91.6 cm³/mol. The van der Waals surface area contributed by atoms with Crippen LogP contribution in [-0.4, -0.2) is 36.6 Å². The van der Waals surface area contributed by atoms with Crippen molar-refractivity contribution in [2.24, 2.45) is 0 Å². The maximum Gasteiger partial charge on any atom is 0.124 e. The van der Waals surface area contributed by atoms with Crippen molar-refractivity contribution < 1.29 is 4.74 Å². The van der Waals surface area contributed by atoms with E-state index in [0.29, 0.717) is 6.61 Å². The molecule has 0 saturated heterocycles. The second-order valence-corrected chi connectivity index (χ2v) is 5.83. The number of para-hydroxylation sites is 1. The summed E-state index contributed by atoms with van der Waals surface area (Å²) >= 11 is 6.59. The van der Waals surface area contributed by atoms with Crippen LogP contribution in [0.3, 0.4) is 0 Å². The molecule has 4 heteroatoms. The second kappa shape index (κ2) is 8.76. The molecule has 0 aliphatic heterocycles. The van der Waals surface area contributed by atoms with Gasteiger partial charge in [-0.2, -0.15) is 0 Å². The van der Waals surface area contributed by atoms with E-state index in [4.69, 9.17) is 16.3 Å². The Hall–Kier alpha value is -1.58. The SMILES string of the molecule is CCOc1ccccc1C(Cl)CN(C)CCc1ccncc1. The number of nitrogens with zero attached hydrogens (tertiary/aromatic N) is 2. The smallest absolute Gasteiger partial charge is 0.124 e. The lowest BCUT2D eigenvalue weighted by Gasteiger charge is -2.21. The minimum absolute atomic E-state index is 0.0785. The molecule has 3 nitrogen and oxygen atoms in total. The summed E-state index contributed by atoms with van der Waals surface area (Å²) in [5.74, 6) is 0.882. The molecule has 0 aliphatic rings. The molecule has 0 fully saturated rings. The molecule has 0 radical (unpaired) electrons. The van der Waals surface area contributed by atoms with Gasteiger partial charge in [0.1, 0.15) is 5.75 Å². The van der Waals surface area contributed by atoms with Gasteiger partial charge in [-0.15, -0.1) is 11.6 Å². The van der Waals surface area contributed by atoms with Gasteiger partial charge < -0.3 is 9.64 Å². The molecule has 0 N–H and O–H groups in total. The third-order valence-corrected chi connectivity index (χ3v) is 3.93. The lowest BCUT2D eigenvalue weighted by atomic mass is 10.1. The molecule has 2 rings (SSSR count). The fraction of sp³-hybridized carbons (Fsp3) is 0.389. The van der Waals surface area contributed by atoms with Crippen molar-refractivity contribution in [3.8, 4) is 5.75 Å². The molecule has 1 atom stereocenters. The first-order valence-corrected chi connectivity index (χ1v) is 8.07. The Morgan fingerprint density at radius 1 is 1.18 bits per heavy atom. The zero-order chi connectivity index (χ0) is 15.8. The lowest BCUT2D eigenvalue weighted by molar-refractivity contribution is 0.321. The van der Waals surface area contributed by atoms with Crippen molar-refractivity contribution in [1.82, 2.24) is 9.88 Å². The van der Waals surface area contributed by atoms with Crippen LogP contribution in [0.15, 0.2) is 48.8 Å². The van der Waals surface area contributed by atoms with Crippen LogP contribution in [0.5, 0.6) is 5.75 Å². The molecule has 0 saturated carbocycles. The van der Waals surface area contributed by atoms with Crippen molar-refractivity contribution in [2.75, 3.05) is 26.7 Å². The predicted octanol–water partition coefficient (Wildman–Crippen LogP) is 3.93. The Morgan fingerprint density at radius 2 is 1.91 bits per heavy atom. The van der Waals surface area contributed by atoms with Crippen LogP contribution in [0.1, 0.15) is 23.4 Å². The van der Waals surface area contributed by atoms with Crippen LogP contribution < -0.4 is 4.74 Å². The summed E-state index contributed by atoms with van der Waals surface area (Å²) < 4.78 is 5.66. The standard InChI is InChI=1S/C18H23ClN2O/c1-3-22-18-7-5-4-6-16(18)17(19)14-21(2)13-10-15-8-11-20-12-9-15/h4-9,11-12,17H,3,10,13-14H2,1-2H3. The first-order valence-electron chi connectivity index (χ1n) is 7.64. The molecule has 118 valence electrons. The van der Waals surface area contributed by atoms with Crippen LogP contribution >= 0.6 is 11.6 Å². The molecule has 22 heavy (non-hydrogen) atoms. The van der Waals surface area contributed by atoms with Crippen LogP contribution in [-0.2, 0) is 6.42 Å². The zero-order valence-corrected chi connectivity index (χ0v) is 14.0. The van der Waals surface area contributed by atoms with E-state index < -0.39 is 0 Å². The van der Waals surface area contributed by atoms with Gasteiger partial charge in [-0.25, -0.2) is 0 Å². The zero-order valence-electron chi connectivity index (χ0n) is 13.2.